The smallest absolute Gasteiger partial charge is 0.253 e. The zero-order valence-corrected chi connectivity index (χ0v) is 16.9. The molecule has 9 heteroatoms. The largest absolute Gasteiger partial charge is 0.364 e. The van der Waals surface area contributed by atoms with Crippen LogP contribution in [0.3, 0.4) is 0 Å². The van der Waals surface area contributed by atoms with Crippen molar-refractivity contribution in [2.45, 2.75) is 68.4 Å². The molecule has 6 atom stereocenters. The van der Waals surface area contributed by atoms with Crippen molar-refractivity contribution in [3.63, 3.8) is 0 Å². The average molecular weight is 401 g/mol. The van der Waals surface area contributed by atoms with Gasteiger partial charge in [-0.1, -0.05) is 0 Å². The number of piperidine rings is 2. The molecule has 0 aromatic rings. The van der Waals surface area contributed by atoms with Crippen LogP contribution in [0.15, 0.2) is 0 Å². The Morgan fingerprint density at radius 1 is 1.26 bits per heavy atom. The van der Waals surface area contributed by atoms with Gasteiger partial charge in [-0.05, 0) is 32.6 Å². The summed E-state index contributed by atoms with van der Waals surface area (Å²) in [6.07, 6.45) is 4.90. The van der Waals surface area contributed by atoms with E-state index in [1.807, 2.05) is 0 Å². The van der Waals surface area contributed by atoms with E-state index < -0.39 is 5.38 Å². The molecule has 0 aromatic carbocycles. The number of nitrogens with one attached hydrogen (secondary N) is 4. The molecular weight excluding hydrogens is 368 g/mol. The van der Waals surface area contributed by atoms with Crippen LogP contribution in [0.2, 0.25) is 0 Å². The normalized spacial score (nSPS) is 41.3. The quantitative estimate of drug-likeness (QED) is 0.459. The Morgan fingerprint density at radius 2 is 2.15 bits per heavy atom. The number of hydrogen-bond donors (Lipinski definition) is 4. The van der Waals surface area contributed by atoms with Crippen LogP contribution >= 0.6 is 11.6 Å². The predicted octanol–water partition coefficient (Wildman–Crippen LogP) is -0.593. The average Bonchev–Trinajstić information content (AvgIpc) is 3.07. The van der Waals surface area contributed by atoms with Gasteiger partial charge in [0.25, 0.3) is 5.91 Å². The molecule has 4 fully saturated rings. The number of ether oxygens (including phenoxy) is 1. The van der Waals surface area contributed by atoms with Crippen molar-refractivity contribution >= 4 is 17.5 Å². The highest BCUT2D eigenvalue weighted by Crippen LogP contribution is 2.26. The molecule has 0 radical (unpaired) electrons. The summed E-state index contributed by atoms with van der Waals surface area (Å²) in [7, 11) is 0. The van der Waals surface area contributed by atoms with Crippen LogP contribution in [0, 0.1) is 0 Å². The maximum absolute atomic E-state index is 11.8. The minimum absolute atomic E-state index is 0.0594. The third-order valence-electron chi connectivity index (χ3n) is 6.48. The van der Waals surface area contributed by atoms with Gasteiger partial charge in [-0.2, -0.15) is 0 Å². The molecule has 0 saturated carbocycles. The zero-order valence-electron chi connectivity index (χ0n) is 16.1. The van der Waals surface area contributed by atoms with E-state index in [-0.39, 0.29) is 18.2 Å². The van der Waals surface area contributed by atoms with Crippen LogP contribution in [-0.2, 0) is 9.53 Å². The number of carbonyl (C=O) groups is 1. The van der Waals surface area contributed by atoms with Crippen LogP contribution in [-0.4, -0.2) is 90.9 Å². The van der Waals surface area contributed by atoms with Crippen LogP contribution < -0.4 is 21.5 Å². The molecule has 4 aliphatic rings. The molecule has 0 spiro atoms. The summed E-state index contributed by atoms with van der Waals surface area (Å²) < 4.78 is 5.78. The number of amides is 1. The summed E-state index contributed by atoms with van der Waals surface area (Å²) >= 11 is 6.36. The van der Waals surface area contributed by atoms with Crippen molar-refractivity contribution in [2.24, 2.45) is 0 Å². The van der Waals surface area contributed by atoms with E-state index in [2.05, 4.69) is 38.2 Å². The molecule has 8 nitrogen and oxygen atoms in total. The number of alkyl halides is 1. The van der Waals surface area contributed by atoms with Crippen molar-refractivity contribution in [3.8, 4) is 0 Å². The van der Waals surface area contributed by atoms with Gasteiger partial charge in [-0.15, -0.1) is 11.6 Å². The summed E-state index contributed by atoms with van der Waals surface area (Å²) in [6.45, 7) is 7.48. The van der Waals surface area contributed by atoms with E-state index >= 15 is 0 Å². The van der Waals surface area contributed by atoms with E-state index in [4.69, 9.17) is 16.3 Å². The lowest BCUT2D eigenvalue weighted by Gasteiger charge is -2.44. The number of hydrazine groups is 1. The van der Waals surface area contributed by atoms with Crippen molar-refractivity contribution in [1.82, 2.24) is 31.3 Å². The third-order valence-corrected chi connectivity index (χ3v) is 6.97. The molecule has 1 amide bonds. The Hall–Kier alpha value is -0.480. The third kappa shape index (κ3) is 4.42. The molecule has 154 valence electrons. The summed E-state index contributed by atoms with van der Waals surface area (Å²) in [4.78, 5) is 16.8. The van der Waals surface area contributed by atoms with Gasteiger partial charge < -0.3 is 4.74 Å². The summed E-state index contributed by atoms with van der Waals surface area (Å²) in [6, 6.07) is 1.57. The van der Waals surface area contributed by atoms with Gasteiger partial charge in [0.05, 0.1) is 0 Å². The lowest BCUT2D eigenvalue weighted by atomic mass is 9.96. The second kappa shape index (κ2) is 8.90. The first kappa shape index (κ1) is 19.8. The van der Waals surface area contributed by atoms with Crippen molar-refractivity contribution in [1.29, 1.82) is 0 Å². The highest BCUT2D eigenvalue weighted by molar-refractivity contribution is 6.31. The van der Waals surface area contributed by atoms with Crippen LogP contribution in [0.1, 0.15) is 32.6 Å². The standard InChI is InChI=1S/C18H33ClN6O2/c1-2-27-16-5-3-4-12(22-16)9-25-11-20-13-10-24(7-6-14(13)25)15-8-21-23-18(26)17(15)19/h12-17,20-22H,2-11H2,1H3,(H,23,26). The number of rotatable bonds is 5. The van der Waals surface area contributed by atoms with E-state index in [0.29, 0.717) is 24.7 Å². The van der Waals surface area contributed by atoms with Gasteiger partial charge in [-0.3, -0.25) is 30.7 Å². The Kier molecular flexibility index (Phi) is 6.53. The minimum Gasteiger partial charge on any atom is -0.364 e. The van der Waals surface area contributed by atoms with Crippen LogP contribution in [0.4, 0.5) is 0 Å². The SMILES string of the molecule is CCOC1CCCC(CN2CNC3CN(C4CNNC(=O)C4Cl)CCC32)N1. The second-order valence-electron chi connectivity index (χ2n) is 8.17. The molecule has 4 saturated heterocycles. The number of carbonyl (C=O) groups excluding carboxylic acids is 1. The minimum atomic E-state index is -0.484. The lowest BCUT2D eigenvalue weighted by Crippen LogP contribution is -2.65. The van der Waals surface area contributed by atoms with Gasteiger partial charge in [0.15, 0.2) is 0 Å². The molecule has 4 N–H and O–H groups in total. The number of likely N-dealkylation sites (tertiary alicyclic amines) is 1. The first-order valence-corrected chi connectivity index (χ1v) is 10.8. The summed E-state index contributed by atoms with van der Waals surface area (Å²) in [5.41, 5.74) is 5.60. The van der Waals surface area contributed by atoms with E-state index in [1.165, 1.54) is 12.8 Å². The molecule has 0 aliphatic carbocycles. The van der Waals surface area contributed by atoms with Gasteiger partial charge >= 0.3 is 0 Å². The van der Waals surface area contributed by atoms with E-state index in [0.717, 1.165) is 45.8 Å². The fourth-order valence-corrected chi connectivity index (χ4v) is 5.40. The summed E-state index contributed by atoms with van der Waals surface area (Å²) in [5.74, 6) is -0.122. The zero-order chi connectivity index (χ0) is 18.8. The molecule has 4 rings (SSSR count). The Labute approximate surface area is 166 Å². The number of hydrogen-bond acceptors (Lipinski definition) is 7. The maximum Gasteiger partial charge on any atom is 0.253 e. The number of halogens is 1. The molecule has 27 heavy (non-hydrogen) atoms. The monoisotopic (exact) mass is 400 g/mol. The van der Waals surface area contributed by atoms with Crippen molar-refractivity contribution in [2.75, 3.05) is 39.5 Å². The van der Waals surface area contributed by atoms with Gasteiger partial charge in [0.1, 0.15) is 11.6 Å². The fourth-order valence-electron chi connectivity index (χ4n) is 5.10. The molecule has 6 unspecified atom stereocenters. The first-order valence-electron chi connectivity index (χ1n) is 10.4. The highest BCUT2D eigenvalue weighted by atomic mass is 35.5. The molecule has 4 aliphatic heterocycles. The van der Waals surface area contributed by atoms with Crippen molar-refractivity contribution in [3.05, 3.63) is 0 Å². The second-order valence-corrected chi connectivity index (χ2v) is 8.64. The Bertz CT molecular complexity index is 524. The van der Waals surface area contributed by atoms with Crippen molar-refractivity contribution < 1.29 is 9.53 Å². The summed E-state index contributed by atoms with van der Waals surface area (Å²) in [5, 5.41) is 6.88. The van der Waals surface area contributed by atoms with Crippen LogP contribution in [0.25, 0.3) is 0 Å². The lowest BCUT2D eigenvalue weighted by molar-refractivity contribution is -0.125. The molecular formula is C18H33ClN6O2. The maximum atomic E-state index is 11.8. The highest BCUT2D eigenvalue weighted by Gasteiger charge is 2.43. The van der Waals surface area contributed by atoms with E-state index in [9.17, 15) is 4.79 Å². The number of nitrogens with zero attached hydrogens (tertiary/aromatic N) is 2. The van der Waals surface area contributed by atoms with Crippen LogP contribution in [0.5, 0.6) is 0 Å². The Balaban J connectivity index is 1.30. The van der Waals surface area contributed by atoms with E-state index in [1.54, 1.807) is 0 Å². The molecule has 4 heterocycles. The topological polar surface area (TPSA) is 80.9 Å². The van der Waals surface area contributed by atoms with Gasteiger partial charge in [0.2, 0.25) is 0 Å². The van der Waals surface area contributed by atoms with Gasteiger partial charge in [0, 0.05) is 63.6 Å². The fraction of sp³-hybridized carbons (Fsp3) is 0.944. The Morgan fingerprint density at radius 3 is 3.00 bits per heavy atom. The number of fused-ring (bicyclic) bond motifs is 1. The molecule has 0 bridgehead atoms. The predicted molar refractivity (Wildman–Crippen MR) is 104 cm³/mol. The molecule has 0 aromatic heterocycles. The first-order chi connectivity index (χ1) is 13.2. The van der Waals surface area contributed by atoms with Gasteiger partial charge in [-0.25, -0.2) is 5.43 Å².